The van der Waals surface area contributed by atoms with Crippen LogP contribution < -0.4 is 14.4 Å². The van der Waals surface area contributed by atoms with Crippen molar-refractivity contribution in [1.29, 1.82) is 0 Å². The Morgan fingerprint density at radius 1 is 1.24 bits per heavy atom. The van der Waals surface area contributed by atoms with Gasteiger partial charge < -0.3 is 15.0 Å². The first kappa shape index (κ1) is 23.8. The fourth-order valence-corrected chi connectivity index (χ4v) is 4.69. The predicted octanol–water partition coefficient (Wildman–Crippen LogP) is 2.89. The van der Waals surface area contributed by atoms with E-state index in [2.05, 4.69) is 10.2 Å². The highest BCUT2D eigenvalue weighted by molar-refractivity contribution is 7.92. The Morgan fingerprint density at radius 3 is 2.59 bits per heavy atom. The van der Waals surface area contributed by atoms with Crippen molar-refractivity contribution in [3.8, 4) is 5.75 Å². The molecular formula is C20H32ClN3O4S. The molecule has 7 nitrogen and oxygen atoms in total. The summed E-state index contributed by atoms with van der Waals surface area (Å²) in [6, 6.07) is 4.83. The molecule has 1 aromatic carbocycles. The van der Waals surface area contributed by atoms with Crippen molar-refractivity contribution in [3.63, 3.8) is 0 Å². The molecule has 0 spiro atoms. The fraction of sp³-hybridized carbons (Fsp3) is 0.650. The van der Waals surface area contributed by atoms with Crippen LogP contribution in [0, 0.1) is 0 Å². The smallest absolute Gasteiger partial charge is 0.232 e. The van der Waals surface area contributed by atoms with Gasteiger partial charge in [0.1, 0.15) is 5.75 Å². The van der Waals surface area contributed by atoms with Crippen molar-refractivity contribution < 1.29 is 17.9 Å². The number of ether oxygens (including phenoxy) is 1. The topological polar surface area (TPSA) is 79.0 Å². The second kappa shape index (κ2) is 11.6. The third-order valence-corrected chi connectivity index (χ3v) is 6.50. The minimum absolute atomic E-state index is 0.0511. The molecule has 164 valence electrons. The first-order valence-electron chi connectivity index (χ1n) is 10.1. The van der Waals surface area contributed by atoms with Crippen molar-refractivity contribution in [1.82, 2.24) is 10.2 Å². The summed E-state index contributed by atoms with van der Waals surface area (Å²) in [4.78, 5) is 14.5. The van der Waals surface area contributed by atoms with Crippen LogP contribution in [0.15, 0.2) is 18.2 Å². The molecule has 0 atom stereocenters. The summed E-state index contributed by atoms with van der Waals surface area (Å²) in [6.07, 6.45) is 6.64. The number of anilines is 1. The van der Waals surface area contributed by atoms with Gasteiger partial charge in [-0.2, -0.15) is 0 Å². The molecule has 0 aromatic heterocycles. The van der Waals surface area contributed by atoms with E-state index in [4.69, 9.17) is 16.3 Å². The first-order chi connectivity index (χ1) is 13.8. The van der Waals surface area contributed by atoms with Gasteiger partial charge in [0.25, 0.3) is 0 Å². The maximum atomic E-state index is 12.2. The van der Waals surface area contributed by atoms with Crippen molar-refractivity contribution in [2.45, 2.75) is 38.5 Å². The summed E-state index contributed by atoms with van der Waals surface area (Å²) in [7, 11) is -1.99. The number of hydrogen-bond acceptors (Lipinski definition) is 5. The Labute approximate surface area is 179 Å². The van der Waals surface area contributed by atoms with Gasteiger partial charge in [0.2, 0.25) is 15.9 Å². The number of piperidine rings is 1. The van der Waals surface area contributed by atoms with Crippen LogP contribution in [-0.4, -0.2) is 65.3 Å². The van der Waals surface area contributed by atoms with Crippen LogP contribution in [0.2, 0.25) is 5.02 Å². The number of rotatable bonds is 11. The summed E-state index contributed by atoms with van der Waals surface area (Å²) < 4.78 is 30.7. The zero-order valence-electron chi connectivity index (χ0n) is 17.3. The SMILES string of the molecule is COc1ccc(N(CCCC(=O)NCCCN2CCCCC2)S(C)(=O)=O)cc1Cl. The second-order valence-electron chi connectivity index (χ2n) is 7.36. The van der Waals surface area contributed by atoms with Crippen LogP contribution in [0.3, 0.4) is 0 Å². The number of nitrogens with zero attached hydrogens (tertiary/aromatic N) is 2. The minimum atomic E-state index is -3.49. The number of methoxy groups -OCH3 is 1. The lowest BCUT2D eigenvalue weighted by Gasteiger charge is -2.26. The van der Waals surface area contributed by atoms with Gasteiger partial charge in [-0.25, -0.2) is 8.42 Å². The lowest BCUT2D eigenvalue weighted by atomic mass is 10.1. The van der Waals surface area contributed by atoms with Crippen LogP contribution in [0.25, 0.3) is 0 Å². The van der Waals surface area contributed by atoms with Gasteiger partial charge in [0.05, 0.1) is 24.1 Å². The Morgan fingerprint density at radius 2 is 1.97 bits per heavy atom. The van der Waals surface area contributed by atoms with Crippen LogP contribution in [-0.2, 0) is 14.8 Å². The Kier molecular flexibility index (Phi) is 9.52. The number of sulfonamides is 1. The molecule has 1 aliphatic rings. The number of likely N-dealkylation sites (tertiary alicyclic amines) is 1. The highest BCUT2D eigenvalue weighted by Crippen LogP contribution is 2.30. The molecule has 1 N–H and O–H groups in total. The monoisotopic (exact) mass is 445 g/mol. The molecule has 2 rings (SSSR count). The van der Waals surface area contributed by atoms with E-state index in [9.17, 15) is 13.2 Å². The van der Waals surface area contributed by atoms with Gasteiger partial charge in [0.15, 0.2) is 0 Å². The quantitative estimate of drug-likeness (QED) is 0.530. The van der Waals surface area contributed by atoms with Crippen LogP contribution in [0.1, 0.15) is 38.5 Å². The average molecular weight is 446 g/mol. The lowest BCUT2D eigenvalue weighted by molar-refractivity contribution is -0.121. The summed E-state index contributed by atoms with van der Waals surface area (Å²) in [6.45, 7) is 4.19. The van der Waals surface area contributed by atoms with Gasteiger partial charge in [0, 0.05) is 19.5 Å². The molecule has 0 bridgehead atoms. The second-order valence-corrected chi connectivity index (χ2v) is 9.68. The number of nitrogens with one attached hydrogen (secondary N) is 1. The maximum Gasteiger partial charge on any atom is 0.232 e. The van der Waals surface area contributed by atoms with Crippen LogP contribution >= 0.6 is 11.6 Å². The number of carbonyl (C=O) groups excluding carboxylic acids is 1. The Balaban J connectivity index is 1.76. The van der Waals surface area contributed by atoms with Crippen molar-refractivity contribution >= 4 is 33.2 Å². The predicted molar refractivity (Wildman–Crippen MR) is 117 cm³/mol. The fourth-order valence-electron chi connectivity index (χ4n) is 3.48. The number of hydrogen-bond donors (Lipinski definition) is 1. The molecule has 9 heteroatoms. The summed E-state index contributed by atoms with van der Waals surface area (Å²) in [5.74, 6) is 0.428. The van der Waals surface area contributed by atoms with E-state index < -0.39 is 10.0 Å². The van der Waals surface area contributed by atoms with Gasteiger partial charge in [-0.15, -0.1) is 0 Å². The third kappa shape index (κ3) is 8.03. The first-order valence-corrected chi connectivity index (χ1v) is 12.3. The van der Waals surface area contributed by atoms with Crippen LogP contribution in [0.4, 0.5) is 5.69 Å². The van der Waals surface area contributed by atoms with Gasteiger partial charge in [-0.05, 0) is 63.5 Å². The van der Waals surface area contributed by atoms with Gasteiger partial charge >= 0.3 is 0 Å². The molecule has 1 saturated heterocycles. The molecular weight excluding hydrogens is 414 g/mol. The average Bonchev–Trinajstić information content (AvgIpc) is 2.68. The molecule has 0 radical (unpaired) electrons. The van der Waals surface area contributed by atoms with E-state index in [1.54, 1.807) is 18.2 Å². The molecule has 1 fully saturated rings. The normalized spacial score (nSPS) is 15.1. The number of carbonyl (C=O) groups is 1. The summed E-state index contributed by atoms with van der Waals surface area (Å²) in [5.41, 5.74) is 0.459. The lowest BCUT2D eigenvalue weighted by Crippen LogP contribution is -2.34. The third-order valence-electron chi connectivity index (χ3n) is 5.01. The van der Waals surface area contributed by atoms with Gasteiger partial charge in [-0.1, -0.05) is 18.0 Å². The molecule has 1 aromatic rings. The Hall–Kier alpha value is -1.51. The van der Waals surface area contributed by atoms with E-state index in [-0.39, 0.29) is 18.9 Å². The number of benzene rings is 1. The van der Waals surface area contributed by atoms with E-state index in [1.807, 2.05) is 0 Å². The van der Waals surface area contributed by atoms with Crippen LogP contribution in [0.5, 0.6) is 5.75 Å². The molecule has 0 aliphatic carbocycles. The highest BCUT2D eigenvalue weighted by atomic mass is 35.5. The largest absolute Gasteiger partial charge is 0.495 e. The van der Waals surface area contributed by atoms with E-state index in [0.29, 0.717) is 29.4 Å². The highest BCUT2D eigenvalue weighted by Gasteiger charge is 2.19. The zero-order valence-corrected chi connectivity index (χ0v) is 18.9. The van der Waals surface area contributed by atoms with E-state index >= 15 is 0 Å². The van der Waals surface area contributed by atoms with E-state index in [0.717, 1.165) is 32.3 Å². The number of amides is 1. The molecule has 0 unspecified atom stereocenters. The molecule has 1 amide bonds. The van der Waals surface area contributed by atoms with E-state index in [1.165, 1.54) is 30.7 Å². The standard InChI is InChI=1S/C20H32ClN3O4S/c1-28-19-10-9-17(16-18(19)21)24(29(2,26)27)15-6-8-20(25)22-11-7-14-23-12-4-3-5-13-23/h9-10,16H,3-8,11-15H2,1-2H3,(H,22,25). The van der Waals surface area contributed by atoms with Crippen molar-refractivity contribution in [3.05, 3.63) is 23.2 Å². The minimum Gasteiger partial charge on any atom is -0.495 e. The summed E-state index contributed by atoms with van der Waals surface area (Å²) in [5, 5.41) is 3.27. The summed E-state index contributed by atoms with van der Waals surface area (Å²) >= 11 is 6.12. The molecule has 1 aliphatic heterocycles. The van der Waals surface area contributed by atoms with Gasteiger partial charge in [-0.3, -0.25) is 9.10 Å². The molecule has 29 heavy (non-hydrogen) atoms. The van der Waals surface area contributed by atoms with Crippen molar-refractivity contribution in [2.24, 2.45) is 0 Å². The Bertz CT molecular complexity index is 767. The molecule has 0 saturated carbocycles. The molecule has 1 heterocycles. The zero-order chi connectivity index (χ0) is 21.3. The number of halogens is 1. The maximum absolute atomic E-state index is 12.2. The van der Waals surface area contributed by atoms with Crippen molar-refractivity contribution in [2.75, 3.05) is 50.4 Å².